The van der Waals surface area contributed by atoms with E-state index in [2.05, 4.69) is 38.1 Å². The normalized spacial score (nSPS) is 10.2. The molecule has 0 aliphatic heterocycles. The lowest BCUT2D eigenvalue weighted by Gasteiger charge is -2.11. The van der Waals surface area contributed by atoms with E-state index in [0.717, 1.165) is 16.7 Å². The minimum absolute atomic E-state index is 0.457. The maximum absolute atomic E-state index is 9.48. The Morgan fingerprint density at radius 1 is 0.917 bits per heavy atom. The Labute approximate surface area is 143 Å². The molecule has 3 aromatic carbocycles. The van der Waals surface area contributed by atoms with Gasteiger partial charge in [-0.05, 0) is 48.2 Å². The highest BCUT2D eigenvalue weighted by molar-refractivity contribution is 5.70. The van der Waals surface area contributed by atoms with Crippen molar-refractivity contribution in [3.63, 3.8) is 0 Å². The second-order valence-corrected chi connectivity index (χ2v) is 5.92. The molecule has 118 valence electrons. The number of ether oxygens (including phenoxy) is 1. The molecule has 0 saturated heterocycles. The van der Waals surface area contributed by atoms with E-state index in [4.69, 9.17) is 4.74 Å². The van der Waals surface area contributed by atoms with Gasteiger partial charge in [-0.2, -0.15) is 5.26 Å². The first-order valence-corrected chi connectivity index (χ1v) is 7.96. The largest absolute Gasteiger partial charge is 0.488 e. The van der Waals surface area contributed by atoms with Gasteiger partial charge in [0.05, 0.1) is 5.56 Å². The fourth-order valence-electron chi connectivity index (χ4n) is 2.69. The molecule has 0 heterocycles. The summed E-state index contributed by atoms with van der Waals surface area (Å²) < 4.78 is 5.84. The third kappa shape index (κ3) is 3.47. The van der Waals surface area contributed by atoms with Crippen LogP contribution >= 0.6 is 0 Å². The molecule has 0 fully saturated rings. The zero-order valence-electron chi connectivity index (χ0n) is 13.9. The number of hydrogen-bond donors (Lipinski definition) is 0. The minimum atomic E-state index is 0.457. The smallest absolute Gasteiger partial charge is 0.137 e. The molecule has 2 nitrogen and oxygen atoms in total. The van der Waals surface area contributed by atoms with Crippen molar-refractivity contribution in [2.75, 3.05) is 0 Å². The maximum Gasteiger partial charge on any atom is 0.137 e. The highest BCUT2D eigenvalue weighted by Gasteiger charge is 2.09. The highest BCUT2D eigenvalue weighted by atomic mass is 16.5. The summed E-state index contributed by atoms with van der Waals surface area (Å²) in [6.07, 6.45) is 0. The summed E-state index contributed by atoms with van der Waals surface area (Å²) >= 11 is 0. The van der Waals surface area contributed by atoms with Gasteiger partial charge < -0.3 is 4.74 Å². The van der Waals surface area contributed by atoms with E-state index in [-0.39, 0.29) is 0 Å². The van der Waals surface area contributed by atoms with Crippen molar-refractivity contribution in [2.45, 2.75) is 20.5 Å². The second kappa shape index (κ2) is 7.02. The molecular formula is C22H19NO. The van der Waals surface area contributed by atoms with Gasteiger partial charge in [0, 0.05) is 0 Å². The first-order chi connectivity index (χ1) is 11.7. The Balaban J connectivity index is 1.88. The fourth-order valence-corrected chi connectivity index (χ4v) is 2.69. The zero-order valence-corrected chi connectivity index (χ0v) is 13.9. The molecule has 0 saturated carbocycles. The lowest BCUT2D eigenvalue weighted by Crippen LogP contribution is -1.97. The average molecular weight is 313 g/mol. The third-order valence-corrected chi connectivity index (χ3v) is 4.04. The van der Waals surface area contributed by atoms with Crippen molar-refractivity contribution in [1.82, 2.24) is 0 Å². The Morgan fingerprint density at radius 2 is 1.71 bits per heavy atom. The van der Waals surface area contributed by atoms with Crippen molar-refractivity contribution in [2.24, 2.45) is 0 Å². The molecule has 0 N–H and O–H groups in total. The van der Waals surface area contributed by atoms with Gasteiger partial charge in [-0.25, -0.2) is 0 Å². The quantitative estimate of drug-likeness (QED) is 0.644. The molecule has 0 unspecified atom stereocenters. The van der Waals surface area contributed by atoms with Gasteiger partial charge >= 0.3 is 0 Å². The van der Waals surface area contributed by atoms with E-state index < -0.39 is 0 Å². The number of hydrogen-bond acceptors (Lipinski definition) is 2. The fraction of sp³-hybridized carbons (Fsp3) is 0.136. The van der Waals surface area contributed by atoms with Gasteiger partial charge in [-0.1, -0.05) is 60.2 Å². The molecule has 0 radical (unpaired) electrons. The van der Waals surface area contributed by atoms with Crippen LogP contribution in [0, 0.1) is 25.2 Å². The van der Waals surface area contributed by atoms with Crippen LogP contribution in [-0.4, -0.2) is 0 Å². The minimum Gasteiger partial charge on any atom is -0.488 e. The summed E-state index contributed by atoms with van der Waals surface area (Å²) in [5, 5.41) is 9.48. The zero-order chi connectivity index (χ0) is 16.9. The summed E-state index contributed by atoms with van der Waals surface area (Å²) in [5.41, 5.74) is 6.24. The standard InChI is InChI=1S/C22H19NO/c1-16-8-9-17(2)21(12-16)19-10-11-22(20(13-19)14-23)24-15-18-6-4-3-5-7-18/h3-13H,15H2,1-2H3. The van der Waals surface area contributed by atoms with E-state index in [1.165, 1.54) is 11.1 Å². The molecule has 3 aromatic rings. The van der Waals surface area contributed by atoms with Crippen molar-refractivity contribution in [3.8, 4) is 22.9 Å². The molecule has 24 heavy (non-hydrogen) atoms. The van der Waals surface area contributed by atoms with E-state index in [1.54, 1.807) is 0 Å². The average Bonchev–Trinajstić information content (AvgIpc) is 2.62. The number of rotatable bonds is 4. The Hall–Kier alpha value is -3.05. The summed E-state index contributed by atoms with van der Waals surface area (Å²) in [7, 11) is 0. The number of nitrogens with zero attached hydrogens (tertiary/aromatic N) is 1. The molecule has 2 heteroatoms. The van der Waals surface area contributed by atoms with E-state index in [1.807, 2.05) is 48.5 Å². The van der Waals surface area contributed by atoms with Crippen LogP contribution in [0.15, 0.2) is 66.7 Å². The van der Waals surface area contributed by atoms with Crippen LogP contribution in [-0.2, 0) is 6.61 Å². The van der Waals surface area contributed by atoms with Gasteiger partial charge in [0.15, 0.2) is 0 Å². The predicted molar refractivity (Wildman–Crippen MR) is 96.8 cm³/mol. The van der Waals surface area contributed by atoms with Crippen LogP contribution in [0.4, 0.5) is 0 Å². The molecular weight excluding hydrogens is 294 g/mol. The molecule has 0 atom stereocenters. The van der Waals surface area contributed by atoms with Crippen molar-refractivity contribution in [1.29, 1.82) is 5.26 Å². The summed E-state index contributed by atoms with van der Waals surface area (Å²) in [4.78, 5) is 0. The lowest BCUT2D eigenvalue weighted by molar-refractivity contribution is 0.305. The van der Waals surface area contributed by atoms with E-state index >= 15 is 0 Å². The maximum atomic E-state index is 9.48. The van der Waals surface area contributed by atoms with Gasteiger partial charge in [-0.3, -0.25) is 0 Å². The Morgan fingerprint density at radius 3 is 2.46 bits per heavy atom. The van der Waals surface area contributed by atoms with E-state index in [0.29, 0.717) is 17.9 Å². The molecule has 0 aliphatic rings. The monoisotopic (exact) mass is 313 g/mol. The molecule has 0 amide bonds. The van der Waals surface area contributed by atoms with Crippen LogP contribution in [0.5, 0.6) is 5.75 Å². The van der Waals surface area contributed by atoms with Crippen molar-refractivity contribution in [3.05, 3.63) is 89.0 Å². The molecule has 0 spiro atoms. The lowest BCUT2D eigenvalue weighted by atomic mass is 9.97. The SMILES string of the molecule is Cc1ccc(C)c(-c2ccc(OCc3ccccc3)c(C#N)c2)c1. The Kier molecular flexibility index (Phi) is 4.63. The van der Waals surface area contributed by atoms with Gasteiger partial charge in [0.2, 0.25) is 0 Å². The van der Waals surface area contributed by atoms with Gasteiger partial charge in [-0.15, -0.1) is 0 Å². The second-order valence-electron chi connectivity index (χ2n) is 5.92. The van der Waals surface area contributed by atoms with Gasteiger partial charge in [0.1, 0.15) is 18.4 Å². The number of aryl methyl sites for hydroxylation is 2. The molecule has 0 aliphatic carbocycles. The first kappa shape index (κ1) is 15.8. The highest BCUT2D eigenvalue weighted by Crippen LogP contribution is 2.29. The third-order valence-electron chi connectivity index (χ3n) is 4.04. The van der Waals surface area contributed by atoms with Crippen LogP contribution < -0.4 is 4.74 Å². The number of nitriles is 1. The van der Waals surface area contributed by atoms with Crippen LogP contribution in [0.25, 0.3) is 11.1 Å². The topological polar surface area (TPSA) is 33.0 Å². The summed E-state index contributed by atoms with van der Waals surface area (Å²) in [6, 6.07) is 24.4. The summed E-state index contributed by atoms with van der Waals surface area (Å²) in [5.74, 6) is 0.621. The van der Waals surface area contributed by atoms with Crippen LogP contribution in [0.2, 0.25) is 0 Å². The summed E-state index contributed by atoms with van der Waals surface area (Å²) in [6.45, 7) is 4.62. The van der Waals surface area contributed by atoms with Crippen LogP contribution in [0.3, 0.4) is 0 Å². The van der Waals surface area contributed by atoms with Crippen molar-refractivity contribution < 1.29 is 4.74 Å². The van der Waals surface area contributed by atoms with E-state index in [9.17, 15) is 5.26 Å². The molecule has 0 aromatic heterocycles. The molecule has 3 rings (SSSR count). The predicted octanol–water partition coefficient (Wildman–Crippen LogP) is 5.42. The van der Waals surface area contributed by atoms with Crippen LogP contribution in [0.1, 0.15) is 22.3 Å². The Bertz CT molecular complexity index is 892. The van der Waals surface area contributed by atoms with Gasteiger partial charge in [0.25, 0.3) is 0 Å². The molecule has 0 bridgehead atoms. The van der Waals surface area contributed by atoms with Crippen molar-refractivity contribution >= 4 is 0 Å². The number of benzene rings is 3. The first-order valence-electron chi connectivity index (χ1n) is 7.96.